The van der Waals surface area contributed by atoms with Gasteiger partial charge in [-0.2, -0.15) is 4.98 Å². The van der Waals surface area contributed by atoms with Crippen LogP contribution in [0, 0.1) is 12.8 Å². The number of aromatic nitrogens is 2. The number of ether oxygens (including phenoxy) is 2. The molecule has 1 unspecified atom stereocenters. The lowest BCUT2D eigenvalue weighted by Crippen LogP contribution is -2.40. The molecular weight excluding hydrogens is 386 g/mol. The molecule has 1 aromatic heterocycles. The standard InChI is InChI=1S/C21H29N5O4/c1-14(2)12-25-7-4-8-26(13-17(25)20-22-15(3)24-30-20)21(27)23-16-5-6-18-19(11-16)29-10-9-28-18/h5-6,11,14,17H,4,7-10,12-13H2,1-3H3,(H,23,27). The van der Waals surface area contributed by atoms with E-state index in [0.29, 0.717) is 61.1 Å². The van der Waals surface area contributed by atoms with Gasteiger partial charge in [0.1, 0.15) is 19.3 Å². The smallest absolute Gasteiger partial charge is 0.321 e. The van der Waals surface area contributed by atoms with Gasteiger partial charge in [0.05, 0.1) is 0 Å². The third-order valence-corrected chi connectivity index (χ3v) is 5.22. The summed E-state index contributed by atoms with van der Waals surface area (Å²) < 4.78 is 16.7. The van der Waals surface area contributed by atoms with Crippen LogP contribution in [-0.2, 0) is 0 Å². The van der Waals surface area contributed by atoms with Gasteiger partial charge in [-0.1, -0.05) is 19.0 Å². The van der Waals surface area contributed by atoms with Crippen LogP contribution in [-0.4, -0.2) is 65.4 Å². The Kier molecular flexibility index (Phi) is 6.08. The van der Waals surface area contributed by atoms with Crippen LogP contribution in [0.15, 0.2) is 22.7 Å². The molecule has 1 atom stereocenters. The summed E-state index contributed by atoms with van der Waals surface area (Å²) in [5.74, 6) is 3.01. The summed E-state index contributed by atoms with van der Waals surface area (Å²) >= 11 is 0. The first-order valence-corrected chi connectivity index (χ1v) is 10.5. The molecule has 30 heavy (non-hydrogen) atoms. The third kappa shape index (κ3) is 4.67. The normalized spacial score (nSPS) is 19.6. The van der Waals surface area contributed by atoms with Crippen LogP contribution in [0.25, 0.3) is 0 Å². The lowest BCUT2D eigenvalue weighted by molar-refractivity contribution is 0.138. The molecule has 1 fully saturated rings. The van der Waals surface area contributed by atoms with Gasteiger partial charge in [-0.25, -0.2) is 4.79 Å². The lowest BCUT2D eigenvalue weighted by atomic mass is 10.1. The van der Waals surface area contributed by atoms with E-state index in [9.17, 15) is 4.79 Å². The Hall–Kier alpha value is -2.81. The zero-order valence-electron chi connectivity index (χ0n) is 17.8. The second-order valence-electron chi connectivity index (χ2n) is 8.17. The van der Waals surface area contributed by atoms with E-state index in [1.807, 2.05) is 24.0 Å². The molecule has 2 aliphatic rings. The third-order valence-electron chi connectivity index (χ3n) is 5.22. The molecule has 1 aromatic carbocycles. The number of hydrogen-bond donors (Lipinski definition) is 1. The van der Waals surface area contributed by atoms with Gasteiger partial charge in [-0.15, -0.1) is 0 Å². The Morgan fingerprint density at radius 1 is 1.23 bits per heavy atom. The predicted octanol–water partition coefficient (Wildman–Crippen LogP) is 3.09. The van der Waals surface area contributed by atoms with Crippen LogP contribution in [0.1, 0.15) is 38.0 Å². The molecule has 2 aromatic rings. The van der Waals surface area contributed by atoms with Crippen molar-refractivity contribution in [1.29, 1.82) is 0 Å². The molecule has 0 spiro atoms. The first-order chi connectivity index (χ1) is 14.5. The molecule has 0 aliphatic carbocycles. The van der Waals surface area contributed by atoms with Crippen molar-refractivity contribution in [3.8, 4) is 11.5 Å². The van der Waals surface area contributed by atoms with Gasteiger partial charge in [0.25, 0.3) is 0 Å². The summed E-state index contributed by atoms with van der Waals surface area (Å²) in [5.41, 5.74) is 0.678. The van der Waals surface area contributed by atoms with Crippen LogP contribution in [0.4, 0.5) is 10.5 Å². The minimum atomic E-state index is -0.153. The molecule has 1 N–H and O–H groups in total. The molecule has 162 valence electrons. The number of nitrogens with one attached hydrogen (secondary N) is 1. The van der Waals surface area contributed by atoms with Crippen LogP contribution in [0.3, 0.4) is 0 Å². The second-order valence-corrected chi connectivity index (χ2v) is 8.17. The van der Waals surface area contributed by atoms with E-state index in [-0.39, 0.29) is 12.1 Å². The predicted molar refractivity (Wildman–Crippen MR) is 111 cm³/mol. The number of hydrogen-bond acceptors (Lipinski definition) is 7. The van der Waals surface area contributed by atoms with Crippen molar-refractivity contribution in [3.05, 3.63) is 29.9 Å². The maximum Gasteiger partial charge on any atom is 0.321 e. The van der Waals surface area contributed by atoms with Crippen LogP contribution in [0.5, 0.6) is 11.5 Å². The Morgan fingerprint density at radius 3 is 2.77 bits per heavy atom. The highest BCUT2D eigenvalue weighted by Crippen LogP contribution is 2.33. The number of aryl methyl sites for hydroxylation is 1. The van der Waals surface area contributed by atoms with Gasteiger partial charge in [0, 0.05) is 37.9 Å². The van der Waals surface area contributed by atoms with Crippen molar-refractivity contribution >= 4 is 11.7 Å². The van der Waals surface area contributed by atoms with E-state index < -0.39 is 0 Å². The van der Waals surface area contributed by atoms with Gasteiger partial charge in [-0.05, 0) is 31.4 Å². The van der Waals surface area contributed by atoms with Gasteiger partial charge < -0.3 is 24.2 Å². The molecule has 0 radical (unpaired) electrons. The van der Waals surface area contributed by atoms with Crippen molar-refractivity contribution in [1.82, 2.24) is 19.9 Å². The number of amides is 2. The number of carbonyl (C=O) groups excluding carboxylic acids is 1. The zero-order valence-corrected chi connectivity index (χ0v) is 17.8. The second kappa shape index (κ2) is 8.91. The van der Waals surface area contributed by atoms with Gasteiger partial charge >= 0.3 is 6.03 Å². The molecule has 9 heteroatoms. The minimum absolute atomic E-state index is 0.123. The molecule has 1 saturated heterocycles. The molecule has 4 rings (SSSR count). The van der Waals surface area contributed by atoms with Gasteiger partial charge in [-0.3, -0.25) is 4.90 Å². The van der Waals surface area contributed by atoms with E-state index in [0.717, 1.165) is 19.5 Å². The summed E-state index contributed by atoms with van der Waals surface area (Å²) in [6, 6.07) is 5.17. The highest BCUT2D eigenvalue weighted by atomic mass is 16.6. The van der Waals surface area contributed by atoms with Crippen molar-refractivity contribution in [2.45, 2.75) is 33.2 Å². The maximum absolute atomic E-state index is 13.1. The van der Waals surface area contributed by atoms with Crippen LogP contribution >= 0.6 is 0 Å². The van der Waals surface area contributed by atoms with Crippen molar-refractivity contribution < 1.29 is 18.8 Å². The highest BCUT2D eigenvalue weighted by molar-refractivity contribution is 5.89. The number of fused-ring (bicyclic) bond motifs is 1. The average molecular weight is 415 g/mol. The molecular formula is C21H29N5O4. The molecule has 2 aliphatic heterocycles. The fraction of sp³-hybridized carbons (Fsp3) is 0.571. The van der Waals surface area contributed by atoms with Crippen LogP contribution in [0.2, 0.25) is 0 Å². The zero-order chi connectivity index (χ0) is 21.1. The van der Waals surface area contributed by atoms with Crippen molar-refractivity contribution in [2.24, 2.45) is 5.92 Å². The number of rotatable bonds is 4. The van der Waals surface area contributed by atoms with E-state index in [1.165, 1.54) is 0 Å². The number of nitrogens with zero attached hydrogens (tertiary/aromatic N) is 4. The van der Waals surface area contributed by atoms with E-state index >= 15 is 0 Å². The first-order valence-electron chi connectivity index (χ1n) is 10.5. The monoisotopic (exact) mass is 415 g/mol. The Bertz CT molecular complexity index is 884. The maximum atomic E-state index is 13.1. The number of carbonyl (C=O) groups is 1. The molecule has 9 nitrogen and oxygen atoms in total. The SMILES string of the molecule is Cc1noc(C2CN(C(=O)Nc3ccc4c(c3)OCCO4)CCCN2CC(C)C)n1. The summed E-state index contributed by atoms with van der Waals surface area (Å²) in [6.07, 6.45) is 0.880. The summed E-state index contributed by atoms with van der Waals surface area (Å²) in [4.78, 5) is 21.7. The van der Waals surface area contributed by atoms with E-state index in [1.54, 1.807) is 6.07 Å². The molecule has 0 bridgehead atoms. The van der Waals surface area contributed by atoms with Crippen molar-refractivity contribution in [2.75, 3.05) is 44.7 Å². The average Bonchev–Trinajstić information content (AvgIpc) is 3.04. The Morgan fingerprint density at radius 2 is 2.03 bits per heavy atom. The summed E-state index contributed by atoms with van der Waals surface area (Å²) in [7, 11) is 0. The van der Waals surface area contributed by atoms with E-state index in [2.05, 4.69) is 34.2 Å². The van der Waals surface area contributed by atoms with Gasteiger partial charge in [0.2, 0.25) is 5.89 Å². The quantitative estimate of drug-likeness (QED) is 0.820. The highest BCUT2D eigenvalue weighted by Gasteiger charge is 2.32. The largest absolute Gasteiger partial charge is 0.486 e. The fourth-order valence-electron chi connectivity index (χ4n) is 3.91. The molecule has 3 heterocycles. The van der Waals surface area contributed by atoms with Crippen LogP contribution < -0.4 is 14.8 Å². The number of urea groups is 1. The number of benzene rings is 1. The lowest BCUT2D eigenvalue weighted by Gasteiger charge is -2.30. The minimum Gasteiger partial charge on any atom is -0.486 e. The number of anilines is 1. The molecule has 2 amide bonds. The van der Waals surface area contributed by atoms with Gasteiger partial charge in [0.15, 0.2) is 17.3 Å². The fourth-order valence-corrected chi connectivity index (χ4v) is 3.91. The Labute approximate surface area is 176 Å². The topological polar surface area (TPSA) is 93.0 Å². The Balaban J connectivity index is 1.49. The molecule has 0 saturated carbocycles. The van der Waals surface area contributed by atoms with E-state index in [4.69, 9.17) is 14.0 Å². The summed E-state index contributed by atoms with van der Waals surface area (Å²) in [5, 5.41) is 6.95. The summed E-state index contributed by atoms with van der Waals surface area (Å²) in [6.45, 7) is 10.2. The first kappa shape index (κ1) is 20.5. The van der Waals surface area contributed by atoms with Crippen molar-refractivity contribution in [3.63, 3.8) is 0 Å².